The molecule has 3 N–H and O–H groups in total. The fourth-order valence-corrected chi connectivity index (χ4v) is 3.91. The van der Waals surface area contributed by atoms with Gasteiger partial charge in [-0.3, -0.25) is 19.7 Å². The highest BCUT2D eigenvalue weighted by molar-refractivity contribution is 7.90. The zero-order valence-electron chi connectivity index (χ0n) is 19.5. The molecule has 0 radical (unpaired) electrons. The van der Waals surface area contributed by atoms with Crippen LogP contribution in [0.5, 0.6) is 5.75 Å². The second kappa shape index (κ2) is 11.4. The number of carbonyl (C=O) groups is 4. The zero-order valence-corrected chi connectivity index (χ0v) is 20.3. The van der Waals surface area contributed by atoms with Crippen LogP contribution in [0.25, 0.3) is 0 Å². The van der Waals surface area contributed by atoms with Crippen LogP contribution in [-0.4, -0.2) is 63.0 Å². The van der Waals surface area contributed by atoms with Crippen LogP contribution in [0.3, 0.4) is 0 Å². The molecule has 188 valence electrons. The molecule has 2 aromatic rings. The van der Waals surface area contributed by atoms with E-state index in [9.17, 15) is 27.6 Å². The lowest BCUT2D eigenvalue weighted by molar-refractivity contribution is -0.108. The molecule has 0 saturated carbocycles. The Bertz CT molecular complexity index is 1340. The van der Waals surface area contributed by atoms with Crippen LogP contribution in [0.1, 0.15) is 38.8 Å². The third kappa shape index (κ3) is 6.61. The Morgan fingerprint density at radius 2 is 1.92 bits per heavy atom. The lowest BCUT2D eigenvalue weighted by Crippen LogP contribution is -2.46. The van der Waals surface area contributed by atoms with E-state index >= 15 is 0 Å². The minimum absolute atomic E-state index is 0.0461. The van der Waals surface area contributed by atoms with Gasteiger partial charge in [0.25, 0.3) is 11.8 Å². The molecule has 0 aliphatic carbocycles. The van der Waals surface area contributed by atoms with Gasteiger partial charge >= 0.3 is 6.03 Å². The molecule has 0 spiro atoms. The largest absolute Gasteiger partial charge is 0.497 e. The van der Waals surface area contributed by atoms with Crippen molar-refractivity contribution in [2.45, 2.75) is 19.5 Å². The van der Waals surface area contributed by atoms with Crippen molar-refractivity contribution in [3.63, 3.8) is 0 Å². The van der Waals surface area contributed by atoms with Crippen LogP contribution in [-0.2, 0) is 21.4 Å². The van der Waals surface area contributed by atoms with Gasteiger partial charge in [0.1, 0.15) is 11.8 Å². The minimum atomic E-state index is -3.69. The molecule has 11 nitrogen and oxygen atoms in total. The summed E-state index contributed by atoms with van der Waals surface area (Å²) < 4.78 is 30.3. The molecule has 0 aromatic heterocycles. The monoisotopic (exact) mass is 512 g/mol. The quantitative estimate of drug-likeness (QED) is 0.346. The van der Waals surface area contributed by atoms with Gasteiger partial charge in [-0.2, -0.15) is 0 Å². The number of urea groups is 1. The standard InChI is InChI=1S/C24H24N4O7S/c1-3-36(33,34)27-22(30)17-7-4-16(5-8-17)6-10-19(26-24(32)25-15-29)14-28-13-18-9-11-20(35-2)12-21(18)23(28)31/h4-5,7-9,11-12,15,19H,3,13-14H2,1-2H3,(H,27,30)(H2,25,26,29,32)/t19-/m1/s1. The SMILES string of the molecule is CCS(=O)(=O)NC(=O)c1ccc(C#C[C@H](CN2Cc3ccc(OC)cc3C2=O)NC(=O)NC=O)cc1. The fraction of sp³-hybridized carbons (Fsp3) is 0.250. The van der Waals surface area contributed by atoms with Gasteiger partial charge in [0, 0.05) is 23.2 Å². The number of fused-ring (bicyclic) bond motifs is 1. The number of sulfonamides is 1. The number of amides is 5. The number of carbonyl (C=O) groups excluding carboxylic acids is 4. The number of rotatable bonds is 8. The Morgan fingerprint density at radius 1 is 1.19 bits per heavy atom. The van der Waals surface area contributed by atoms with E-state index in [2.05, 4.69) is 17.2 Å². The molecule has 12 heteroatoms. The Morgan fingerprint density at radius 3 is 2.56 bits per heavy atom. The van der Waals surface area contributed by atoms with Gasteiger partial charge in [-0.05, 0) is 48.9 Å². The first kappa shape index (κ1) is 26.2. The minimum Gasteiger partial charge on any atom is -0.497 e. The maximum atomic E-state index is 12.9. The van der Waals surface area contributed by atoms with E-state index in [1.54, 1.807) is 18.2 Å². The van der Waals surface area contributed by atoms with Crippen molar-refractivity contribution in [2.75, 3.05) is 19.4 Å². The summed E-state index contributed by atoms with van der Waals surface area (Å²) in [7, 11) is -2.19. The topological polar surface area (TPSA) is 151 Å². The van der Waals surface area contributed by atoms with Crippen LogP contribution in [0.4, 0.5) is 4.79 Å². The molecule has 1 aliphatic rings. The van der Waals surface area contributed by atoms with Crippen molar-refractivity contribution < 1.29 is 32.3 Å². The van der Waals surface area contributed by atoms with Crippen LogP contribution < -0.4 is 20.1 Å². The van der Waals surface area contributed by atoms with Crippen molar-refractivity contribution in [3.05, 3.63) is 64.7 Å². The summed E-state index contributed by atoms with van der Waals surface area (Å²) in [6.07, 6.45) is 0.228. The van der Waals surface area contributed by atoms with Gasteiger partial charge in [-0.15, -0.1) is 0 Å². The van der Waals surface area contributed by atoms with E-state index in [1.165, 1.54) is 43.2 Å². The molecule has 2 aromatic carbocycles. The summed E-state index contributed by atoms with van der Waals surface area (Å²) in [6.45, 7) is 1.78. The number of ether oxygens (including phenoxy) is 1. The van der Waals surface area contributed by atoms with Crippen molar-refractivity contribution >= 4 is 34.3 Å². The maximum absolute atomic E-state index is 12.9. The van der Waals surface area contributed by atoms with Crippen LogP contribution in [0, 0.1) is 11.8 Å². The molecule has 5 amide bonds. The lowest BCUT2D eigenvalue weighted by Gasteiger charge is -2.21. The van der Waals surface area contributed by atoms with Crippen LogP contribution >= 0.6 is 0 Å². The van der Waals surface area contributed by atoms with Gasteiger partial charge in [0.15, 0.2) is 0 Å². The van der Waals surface area contributed by atoms with E-state index < -0.39 is 28.0 Å². The van der Waals surface area contributed by atoms with Gasteiger partial charge in [-0.1, -0.05) is 17.9 Å². The lowest BCUT2D eigenvalue weighted by atomic mass is 10.1. The van der Waals surface area contributed by atoms with Crippen molar-refractivity contribution in [1.29, 1.82) is 0 Å². The summed E-state index contributed by atoms with van der Waals surface area (Å²) >= 11 is 0. The third-order valence-corrected chi connectivity index (χ3v) is 6.52. The van der Waals surface area contributed by atoms with Crippen molar-refractivity contribution in [1.82, 2.24) is 20.3 Å². The van der Waals surface area contributed by atoms with Crippen LogP contribution in [0.2, 0.25) is 0 Å². The van der Waals surface area contributed by atoms with Gasteiger partial charge in [0.05, 0.1) is 19.4 Å². The molecular weight excluding hydrogens is 488 g/mol. The fourth-order valence-electron chi connectivity index (χ4n) is 3.36. The van der Waals surface area contributed by atoms with Crippen molar-refractivity contribution in [3.8, 4) is 17.6 Å². The summed E-state index contributed by atoms with van der Waals surface area (Å²) in [5.74, 6) is 5.04. The molecule has 0 fully saturated rings. The van der Waals surface area contributed by atoms with Gasteiger partial charge < -0.3 is 15.0 Å². The Kier molecular flexibility index (Phi) is 8.29. The normalized spacial score (nSPS) is 13.1. The number of hydrogen-bond acceptors (Lipinski definition) is 7. The van der Waals surface area contributed by atoms with E-state index in [-0.39, 0.29) is 30.2 Å². The number of methoxy groups -OCH3 is 1. The number of nitrogens with zero attached hydrogens (tertiary/aromatic N) is 1. The molecule has 1 atom stereocenters. The molecular formula is C24H24N4O7S. The zero-order chi connectivity index (χ0) is 26.3. The molecule has 1 aliphatic heterocycles. The first-order chi connectivity index (χ1) is 17.2. The number of nitrogens with one attached hydrogen (secondary N) is 3. The first-order valence-corrected chi connectivity index (χ1v) is 12.4. The predicted molar refractivity (Wildman–Crippen MR) is 130 cm³/mol. The summed E-state index contributed by atoms with van der Waals surface area (Å²) in [4.78, 5) is 49.0. The number of benzene rings is 2. The summed E-state index contributed by atoms with van der Waals surface area (Å²) in [6, 6.07) is 9.46. The van der Waals surface area contributed by atoms with E-state index in [1.807, 2.05) is 10.0 Å². The highest BCUT2D eigenvalue weighted by Crippen LogP contribution is 2.26. The highest BCUT2D eigenvalue weighted by Gasteiger charge is 2.29. The first-order valence-electron chi connectivity index (χ1n) is 10.8. The van der Waals surface area contributed by atoms with Crippen LogP contribution in [0.15, 0.2) is 42.5 Å². The van der Waals surface area contributed by atoms with Gasteiger partial charge in [-0.25, -0.2) is 17.9 Å². The highest BCUT2D eigenvalue weighted by atomic mass is 32.2. The second-order valence-corrected chi connectivity index (χ2v) is 9.69. The molecule has 1 heterocycles. The Balaban J connectivity index is 1.76. The molecule has 0 saturated heterocycles. The summed E-state index contributed by atoms with van der Waals surface area (Å²) in [5, 5.41) is 4.52. The average Bonchev–Trinajstić information content (AvgIpc) is 3.17. The second-order valence-electron chi connectivity index (χ2n) is 7.68. The average molecular weight is 513 g/mol. The summed E-state index contributed by atoms with van der Waals surface area (Å²) in [5.41, 5.74) is 1.92. The van der Waals surface area contributed by atoms with E-state index in [0.29, 0.717) is 23.4 Å². The number of imide groups is 1. The smallest absolute Gasteiger partial charge is 0.322 e. The molecule has 36 heavy (non-hydrogen) atoms. The van der Waals surface area contributed by atoms with Gasteiger partial charge in [0.2, 0.25) is 16.4 Å². The predicted octanol–water partition coefficient (Wildman–Crippen LogP) is 0.606. The number of hydrogen-bond donors (Lipinski definition) is 3. The van der Waals surface area contributed by atoms with E-state index in [0.717, 1.165) is 5.56 Å². The molecule has 0 unspecified atom stereocenters. The Labute approximate surface area is 208 Å². The third-order valence-electron chi connectivity index (χ3n) is 5.26. The maximum Gasteiger partial charge on any atom is 0.322 e. The molecule has 0 bridgehead atoms. The Hall–Kier alpha value is -4.37. The molecule has 3 rings (SSSR count). The van der Waals surface area contributed by atoms with Crippen molar-refractivity contribution in [2.24, 2.45) is 0 Å². The van der Waals surface area contributed by atoms with E-state index in [4.69, 9.17) is 4.74 Å².